The van der Waals surface area contributed by atoms with Gasteiger partial charge >= 0.3 is 0 Å². The zero-order chi connectivity index (χ0) is 44.3. The van der Waals surface area contributed by atoms with Crippen LogP contribution in [-0.4, -0.2) is 13.1 Å². The van der Waals surface area contributed by atoms with Crippen LogP contribution in [0.5, 0.6) is 0 Å². The molecule has 0 saturated heterocycles. The molecule has 0 saturated carbocycles. The molecule has 7 aromatic rings. The number of aromatic nitrogens is 1. The van der Waals surface area contributed by atoms with E-state index < -0.39 is 8.07 Å². The SMILES string of the molecule is Cc1c([Si](c2cc(C(C)C)cc(C(C)C)c2)(c2cc(C(C)C)cc(C(C)C)c2)c2cc(C(C)C)cc(C(C)C)c2)sc2c(-c3cc(C(C)(C)C)c4ccccc4c3)nccc12. The highest BCUT2D eigenvalue weighted by Crippen LogP contribution is 2.39. The molecular formula is C58H71NSSi. The number of benzene rings is 5. The zero-order valence-corrected chi connectivity index (χ0v) is 42.0. The van der Waals surface area contributed by atoms with Crippen molar-refractivity contribution >= 4 is 60.3 Å². The molecule has 2 aromatic heterocycles. The highest BCUT2D eigenvalue weighted by molar-refractivity contribution is 7.40. The van der Waals surface area contributed by atoms with Crippen LogP contribution in [0.3, 0.4) is 0 Å². The topological polar surface area (TPSA) is 12.9 Å². The van der Waals surface area contributed by atoms with Crippen molar-refractivity contribution < 1.29 is 0 Å². The van der Waals surface area contributed by atoms with Crippen LogP contribution in [0.4, 0.5) is 0 Å². The Morgan fingerprint density at radius 1 is 0.492 bits per heavy atom. The van der Waals surface area contributed by atoms with Crippen molar-refractivity contribution in [2.75, 3.05) is 0 Å². The van der Waals surface area contributed by atoms with Gasteiger partial charge < -0.3 is 0 Å². The van der Waals surface area contributed by atoms with E-state index in [1.54, 1.807) is 0 Å². The number of nitrogens with zero attached hydrogens (tertiary/aromatic N) is 1. The third-order valence-electron chi connectivity index (χ3n) is 13.4. The molecule has 0 aliphatic rings. The number of rotatable bonds is 11. The second kappa shape index (κ2) is 17.1. The summed E-state index contributed by atoms with van der Waals surface area (Å²) >= 11 is 2.04. The maximum absolute atomic E-state index is 5.31. The van der Waals surface area contributed by atoms with Crippen LogP contribution in [0.2, 0.25) is 0 Å². The summed E-state index contributed by atoms with van der Waals surface area (Å²) in [6, 6.07) is 39.3. The van der Waals surface area contributed by atoms with Crippen LogP contribution >= 0.6 is 11.3 Å². The summed E-state index contributed by atoms with van der Waals surface area (Å²) in [6.07, 6.45) is 2.07. The van der Waals surface area contributed by atoms with Crippen molar-refractivity contribution in [3.63, 3.8) is 0 Å². The molecular weight excluding hydrogens is 771 g/mol. The van der Waals surface area contributed by atoms with E-state index in [0.29, 0.717) is 35.5 Å². The van der Waals surface area contributed by atoms with E-state index in [2.05, 4.69) is 214 Å². The Balaban J connectivity index is 1.73. The first-order chi connectivity index (χ1) is 28.7. The van der Waals surface area contributed by atoms with Gasteiger partial charge in [0, 0.05) is 16.3 Å². The minimum Gasteiger partial charge on any atom is -0.255 e. The number of hydrogen-bond donors (Lipinski definition) is 0. The van der Waals surface area contributed by atoms with Crippen LogP contribution in [0, 0.1) is 6.92 Å². The maximum atomic E-state index is 5.31. The third-order valence-corrected chi connectivity index (χ3v) is 20.2. The lowest BCUT2D eigenvalue weighted by Crippen LogP contribution is -2.75. The van der Waals surface area contributed by atoms with Gasteiger partial charge in [0.05, 0.1) is 10.4 Å². The fraction of sp³-hybridized carbons (Fsp3) is 0.397. The van der Waals surface area contributed by atoms with E-state index in [9.17, 15) is 0 Å². The molecule has 0 amide bonds. The molecule has 0 unspecified atom stereocenters. The second-order valence-electron chi connectivity index (χ2n) is 20.9. The van der Waals surface area contributed by atoms with E-state index in [0.717, 1.165) is 5.69 Å². The number of fused-ring (bicyclic) bond motifs is 2. The molecule has 2 heterocycles. The van der Waals surface area contributed by atoms with E-state index in [1.165, 1.54) is 91.0 Å². The normalized spacial score (nSPS) is 12.8. The highest BCUT2D eigenvalue weighted by Gasteiger charge is 2.46. The number of aryl methyl sites for hydroxylation is 1. The molecule has 61 heavy (non-hydrogen) atoms. The summed E-state index contributed by atoms with van der Waals surface area (Å²) in [5, 5.41) is 8.41. The molecule has 0 atom stereocenters. The Hall–Kier alpha value is -4.31. The number of pyridine rings is 1. The summed E-state index contributed by atoms with van der Waals surface area (Å²) in [5.74, 6) is 2.39. The summed E-state index contributed by atoms with van der Waals surface area (Å²) < 4.78 is 2.81. The van der Waals surface area contributed by atoms with Gasteiger partial charge in [-0.1, -0.05) is 183 Å². The Kier molecular flexibility index (Phi) is 12.5. The predicted molar refractivity (Wildman–Crippen MR) is 274 cm³/mol. The van der Waals surface area contributed by atoms with Crippen molar-refractivity contribution in [3.05, 3.63) is 148 Å². The van der Waals surface area contributed by atoms with E-state index in [1.807, 2.05) is 11.3 Å². The summed E-state index contributed by atoms with van der Waals surface area (Å²) in [7, 11) is -3.11. The first kappa shape index (κ1) is 44.7. The Bertz CT molecular complexity index is 2480. The van der Waals surface area contributed by atoms with Crippen molar-refractivity contribution in [1.29, 1.82) is 0 Å². The van der Waals surface area contributed by atoms with Gasteiger partial charge in [-0.25, -0.2) is 0 Å². The average Bonchev–Trinajstić information content (AvgIpc) is 3.55. The van der Waals surface area contributed by atoms with E-state index >= 15 is 0 Å². The molecule has 0 N–H and O–H groups in total. The Morgan fingerprint density at radius 2 is 0.902 bits per heavy atom. The highest BCUT2D eigenvalue weighted by atomic mass is 32.1. The van der Waals surface area contributed by atoms with Gasteiger partial charge in [-0.3, -0.25) is 4.98 Å². The van der Waals surface area contributed by atoms with Gasteiger partial charge in [-0.05, 0) is 142 Å². The van der Waals surface area contributed by atoms with Gasteiger partial charge in [0.2, 0.25) is 0 Å². The van der Waals surface area contributed by atoms with Gasteiger partial charge in [0.15, 0.2) is 8.07 Å². The van der Waals surface area contributed by atoms with E-state index in [-0.39, 0.29) is 5.41 Å². The van der Waals surface area contributed by atoms with Crippen LogP contribution in [0.1, 0.15) is 184 Å². The molecule has 0 spiro atoms. The van der Waals surface area contributed by atoms with Crippen LogP contribution in [0.25, 0.3) is 32.1 Å². The lowest BCUT2D eigenvalue weighted by Gasteiger charge is -2.37. The Labute approximate surface area is 374 Å². The van der Waals surface area contributed by atoms with Gasteiger partial charge in [-0.15, -0.1) is 11.3 Å². The minimum atomic E-state index is -3.11. The van der Waals surface area contributed by atoms with E-state index in [4.69, 9.17) is 4.98 Å². The van der Waals surface area contributed by atoms with Crippen LogP contribution in [0.15, 0.2) is 103 Å². The van der Waals surface area contributed by atoms with Crippen LogP contribution < -0.4 is 20.1 Å². The predicted octanol–water partition coefficient (Wildman–Crippen LogP) is 14.8. The third kappa shape index (κ3) is 8.34. The number of hydrogen-bond acceptors (Lipinski definition) is 2. The average molecular weight is 842 g/mol. The molecule has 3 heteroatoms. The molecule has 1 nitrogen and oxygen atoms in total. The smallest absolute Gasteiger partial charge is 0.191 e. The molecule has 0 fully saturated rings. The van der Waals surface area contributed by atoms with Crippen molar-refractivity contribution in [3.8, 4) is 11.3 Å². The fourth-order valence-electron chi connectivity index (χ4n) is 9.35. The molecule has 7 rings (SSSR count). The van der Waals surface area contributed by atoms with Crippen molar-refractivity contribution in [2.45, 2.75) is 152 Å². The molecule has 5 aromatic carbocycles. The quantitative estimate of drug-likeness (QED) is 0.0934. The Morgan fingerprint density at radius 3 is 1.30 bits per heavy atom. The monoisotopic (exact) mass is 842 g/mol. The zero-order valence-electron chi connectivity index (χ0n) is 40.1. The molecule has 0 radical (unpaired) electrons. The summed E-state index contributed by atoms with van der Waals surface area (Å²) in [5.41, 5.74) is 13.6. The minimum absolute atomic E-state index is 0.0250. The standard InChI is InChI=1S/C58H71NSSi/c1-34(2)42-24-43(35(3)4)28-49(27-42)61(50-29-44(36(5)6)25-45(30-50)37(7)8,51-31-46(38(9)10)26-47(32-51)39(11)12)57-40(13)52-21-22-59-55(56(52)60-57)48-23-41-19-17-18-20-53(41)54(33-48)58(14,15)16/h17-39H,1-16H3. The maximum Gasteiger partial charge on any atom is 0.191 e. The molecule has 318 valence electrons. The number of thiophene rings is 1. The van der Waals surface area contributed by atoms with Crippen molar-refractivity contribution in [2.24, 2.45) is 0 Å². The summed E-state index contributed by atoms with van der Waals surface area (Å²) in [4.78, 5) is 5.31. The largest absolute Gasteiger partial charge is 0.255 e. The molecule has 0 bridgehead atoms. The van der Waals surface area contributed by atoms with Crippen molar-refractivity contribution in [1.82, 2.24) is 4.98 Å². The van der Waals surface area contributed by atoms with Gasteiger partial charge in [-0.2, -0.15) is 0 Å². The first-order valence-corrected chi connectivity index (χ1v) is 25.9. The second-order valence-corrected chi connectivity index (χ2v) is 26.0. The fourth-order valence-corrected chi connectivity index (χ4v) is 17.2. The molecule has 0 aliphatic heterocycles. The lowest BCUT2D eigenvalue weighted by atomic mass is 9.82. The van der Waals surface area contributed by atoms with Gasteiger partial charge in [0.25, 0.3) is 0 Å². The first-order valence-electron chi connectivity index (χ1n) is 23.1. The summed E-state index contributed by atoms with van der Waals surface area (Å²) in [6.45, 7) is 37.9. The lowest BCUT2D eigenvalue weighted by molar-refractivity contribution is 0.596. The van der Waals surface area contributed by atoms with Crippen LogP contribution in [-0.2, 0) is 5.41 Å². The molecule has 0 aliphatic carbocycles. The van der Waals surface area contributed by atoms with Gasteiger partial charge in [0.1, 0.15) is 0 Å².